The van der Waals surface area contributed by atoms with Crippen LogP contribution >= 0.6 is 0 Å². The van der Waals surface area contributed by atoms with Crippen LogP contribution in [-0.2, 0) is 16.1 Å². The molecule has 2 atom stereocenters. The number of benzene rings is 1. The maximum atomic E-state index is 12.8. The zero-order valence-electron chi connectivity index (χ0n) is 16.4. The summed E-state index contributed by atoms with van der Waals surface area (Å²) < 4.78 is 1.84. The lowest BCUT2D eigenvalue weighted by Crippen LogP contribution is -2.52. The Hall–Kier alpha value is -3.42. The number of nitrogens with one attached hydrogen (secondary N) is 1. The molecule has 8 heteroatoms. The fourth-order valence-corrected chi connectivity index (χ4v) is 4.81. The number of rotatable bonds is 3. The molecule has 154 valence electrons. The first-order valence-corrected chi connectivity index (χ1v) is 10.2. The van der Waals surface area contributed by atoms with E-state index in [0.717, 1.165) is 28.1 Å². The molecule has 1 N–H and O–H groups in total. The molecular weight excluding hydrogens is 384 g/mol. The van der Waals surface area contributed by atoms with Gasteiger partial charge in [-0.25, -0.2) is 4.79 Å². The second-order valence-corrected chi connectivity index (χ2v) is 8.22. The zero-order valence-corrected chi connectivity index (χ0v) is 16.4. The van der Waals surface area contributed by atoms with Crippen molar-refractivity contribution in [2.24, 2.45) is 5.92 Å². The van der Waals surface area contributed by atoms with Gasteiger partial charge in [0.25, 0.3) is 11.5 Å². The Labute approximate surface area is 173 Å². The van der Waals surface area contributed by atoms with E-state index in [1.54, 1.807) is 11.0 Å². The molecule has 2 saturated heterocycles. The molecule has 0 radical (unpaired) electrons. The standard InChI is InChI=1S/C22H22N4O4/c27-19-8-16(15-4-2-1-3-5-15)7-18-17-6-14(11-25(18)19)10-24(12-17)21(29)13-26-20(28)9-23-22(26)30/h1-5,7-8,14,17H,6,9-13H2,(H,23,30)/t14-,17+/m0/s1. The van der Waals surface area contributed by atoms with Crippen molar-refractivity contribution < 1.29 is 14.4 Å². The zero-order chi connectivity index (χ0) is 20.8. The lowest BCUT2D eigenvalue weighted by atomic mass is 9.82. The summed E-state index contributed by atoms with van der Waals surface area (Å²) in [6, 6.07) is 13.0. The minimum absolute atomic E-state index is 0.0137. The van der Waals surface area contributed by atoms with Crippen LogP contribution in [0, 0.1) is 5.92 Å². The number of amides is 4. The lowest BCUT2D eigenvalue weighted by molar-refractivity contribution is -0.138. The monoisotopic (exact) mass is 406 g/mol. The van der Waals surface area contributed by atoms with Gasteiger partial charge >= 0.3 is 6.03 Å². The summed E-state index contributed by atoms with van der Waals surface area (Å²) in [7, 11) is 0. The Bertz CT molecular complexity index is 1080. The van der Waals surface area contributed by atoms with Crippen LogP contribution in [-0.4, -0.2) is 58.4 Å². The molecule has 3 aliphatic rings. The second-order valence-electron chi connectivity index (χ2n) is 8.22. The Morgan fingerprint density at radius 1 is 1.00 bits per heavy atom. The van der Waals surface area contributed by atoms with E-state index in [0.29, 0.717) is 19.6 Å². The number of likely N-dealkylation sites (tertiary alicyclic amines) is 1. The molecule has 2 fully saturated rings. The van der Waals surface area contributed by atoms with Crippen molar-refractivity contribution in [1.82, 2.24) is 19.7 Å². The van der Waals surface area contributed by atoms with Gasteiger partial charge in [0.05, 0.1) is 6.54 Å². The van der Waals surface area contributed by atoms with E-state index in [1.165, 1.54) is 0 Å². The number of fused-ring (bicyclic) bond motifs is 4. The fourth-order valence-electron chi connectivity index (χ4n) is 4.81. The van der Waals surface area contributed by atoms with Gasteiger partial charge in [-0.3, -0.25) is 19.3 Å². The number of hydrogen-bond donors (Lipinski definition) is 1. The summed E-state index contributed by atoms with van der Waals surface area (Å²) >= 11 is 0. The molecule has 8 nitrogen and oxygen atoms in total. The number of imide groups is 1. The van der Waals surface area contributed by atoms with Crippen molar-refractivity contribution in [2.75, 3.05) is 26.2 Å². The number of carbonyl (C=O) groups excluding carboxylic acids is 3. The van der Waals surface area contributed by atoms with Crippen LogP contribution in [0.3, 0.4) is 0 Å². The topological polar surface area (TPSA) is 91.7 Å². The molecule has 5 rings (SSSR count). The van der Waals surface area contributed by atoms with Gasteiger partial charge in [-0.2, -0.15) is 0 Å². The second kappa shape index (κ2) is 7.12. The molecule has 3 aliphatic heterocycles. The van der Waals surface area contributed by atoms with E-state index in [1.807, 2.05) is 34.9 Å². The first kappa shape index (κ1) is 18.6. The van der Waals surface area contributed by atoms with Gasteiger partial charge in [-0.05, 0) is 29.5 Å². The normalized spacial score (nSPS) is 22.7. The highest BCUT2D eigenvalue weighted by molar-refractivity contribution is 6.04. The molecular formula is C22H22N4O4. The SMILES string of the molecule is O=C(CN1C(=O)CNC1=O)N1C[C@@H]2C[C@H](C1)c1cc(-c3ccccc3)cc(=O)n1C2. The first-order valence-electron chi connectivity index (χ1n) is 10.2. The maximum absolute atomic E-state index is 12.8. The molecule has 2 bridgehead atoms. The van der Waals surface area contributed by atoms with Gasteiger partial charge in [-0.1, -0.05) is 30.3 Å². The van der Waals surface area contributed by atoms with Crippen molar-refractivity contribution in [3.63, 3.8) is 0 Å². The van der Waals surface area contributed by atoms with Crippen LogP contribution in [0.5, 0.6) is 0 Å². The molecule has 4 amide bonds. The molecule has 1 aromatic heterocycles. The number of aromatic nitrogens is 1. The molecule has 0 spiro atoms. The van der Waals surface area contributed by atoms with Crippen LogP contribution < -0.4 is 10.9 Å². The third-order valence-corrected chi connectivity index (χ3v) is 6.25. The summed E-state index contributed by atoms with van der Waals surface area (Å²) in [6.45, 7) is 1.30. The Morgan fingerprint density at radius 2 is 1.80 bits per heavy atom. The maximum Gasteiger partial charge on any atom is 0.325 e. The van der Waals surface area contributed by atoms with Crippen molar-refractivity contribution in [3.8, 4) is 11.1 Å². The third kappa shape index (κ3) is 3.18. The van der Waals surface area contributed by atoms with E-state index < -0.39 is 6.03 Å². The minimum atomic E-state index is -0.519. The molecule has 2 aromatic rings. The van der Waals surface area contributed by atoms with Gasteiger partial charge in [0.1, 0.15) is 6.54 Å². The van der Waals surface area contributed by atoms with Crippen LogP contribution in [0.25, 0.3) is 11.1 Å². The lowest BCUT2D eigenvalue weighted by Gasteiger charge is -2.43. The molecule has 0 saturated carbocycles. The van der Waals surface area contributed by atoms with E-state index in [-0.39, 0.29) is 42.3 Å². The smallest absolute Gasteiger partial charge is 0.325 e. The summed E-state index contributed by atoms with van der Waals surface area (Å²) in [5.74, 6) is -0.371. The summed E-state index contributed by atoms with van der Waals surface area (Å²) in [5.41, 5.74) is 2.81. The van der Waals surface area contributed by atoms with Crippen LogP contribution in [0.2, 0.25) is 0 Å². The summed E-state index contributed by atoms with van der Waals surface area (Å²) in [6.07, 6.45) is 0.921. The van der Waals surface area contributed by atoms with Crippen molar-refractivity contribution in [1.29, 1.82) is 0 Å². The predicted octanol–water partition coefficient (Wildman–Crippen LogP) is 1.01. The number of carbonyl (C=O) groups is 3. The van der Waals surface area contributed by atoms with Crippen LogP contribution in [0.4, 0.5) is 4.79 Å². The largest absolute Gasteiger partial charge is 0.340 e. The average molecular weight is 406 g/mol. The van der Waals surface area contributed by atoms with Gasteiger partial charge in [0.15, 0.2) is 0 Å². The number of hydrogen-bond acceptors (Lipinski definition) is 4. The van der Waals surface area contributed by atoms with Crippen molar-refractivity contribution in [3.05, 3.63) is 58.5 Å². The first-order chi connectivity index (χ1) is 14.5. The average Bonchev–Trinajstić information content (AvgIpc) is 3.07. The molecule has 0 unspecified atom stereocenters. The third-order valence-electron chi connectivity index (χ3n) is 6.25. The van der Waals surface area contributed by atoms with E-state index in [2.05, 4.69) is 11.4 Å². The van der Waals surface area contributed by atoms with Gasteiger partial charge in [0, 0.05) is 37.3 Å². The number of pyridine rings is 1. The van der Waals surface area contributed by atoms with Crippen molar-refractivity contribution in [2.45, 2.75) is 18.9 Å². The predicted molar refractivity (Wildman–Crippen MR) is 109 cm³/mol. The van der Waals surface area contributed by atoms with Crippen LogP contribution in [0.15, 0.2) is 47.3 Å². The minimum Gasteiger partial charge on any atom is -0.340 e. The van der Waals surface area contributed by atoms with Gasteiger partial charge in [0.2, 0.25) is 5.91 Å². The summed E-state index contributed by atoms with van der Waals surface area (Å²) in [4.78, 5) is 51.9. The summed E-state index contributed by atoms with van der Waals surface area (Å²) in [5, 5.41) is 2.44. The van der Waals surface area contributed by atoms with Crippen LogP contribution in [0.1, 0.15) is 18.0 Å². The van der Waals surface area contributed by atoms with E-state index in [9.17, 15) is 19.2 Å². The Morgan fingerprint density at radius 3 is 2.53 bits per heavy atom. The molecule has 4 heterocycles. The molecule has 30 heavy (non-hydrogen) atoms. The molecule has 1 aromatic carbocycles. The highest BCUT2D eigenvalue weighted by atomic mass is 16.2. The number of nitrogens with zero attached hydrogens (tertiary/aromatic N) is 3. The van der Waals surface area contributed by atoms with E-state index >= 15 is 0 Å². The Kier molecular flexibility index (Phi) is 4.42. The van der Waals surface area contributed by atoms with Gasteiger partial charge in [-0.15, -0.1) is 0 Å². The number of urea groups is 1. The highest BCUT2D eigenvalue weighted by Crippen LogP contribution is 2.36. The molecule has 0 aliphatic carbocycles. The Balaban J connectivity index is 1.40. The van der Waals surface area contributed by atoms with E-state index in [4.69, 9.17) is 0 Å². The quantitative estimate of drug-likeness (QED) is 0.771. The van der Waals surface area contributed by atoms with Crippen molar-refractivity contribution >= 4 is 17.8 Å². The fraction of sp³-hybridized carbons (Fsp3) is 0.364. The van der Waals surface area contributed by atoms with Gasteiger partial charge < -0.3 is 14.8 Å². The number of piperidine rings is 1. The highest BCUT2D eigenvalue weighted by Gasteiger charge is 2.38.